The standard InChI is InChI=1S/C22H15ClFN5O/c23-14-4-2-13(3-5-14)16-10-18(22(24)8-1-9-22)27-20-15(16)6-7-19-26-17(11-29(19)20)21-28-25-12-30-21/h2-7,10-12H,1,8-9H2. The Hall–Kier alpha value is -3.32. The highest BCUT2D eigenvalue weighted by atomic mass is 35.5. The van der Waals surface area contributed by atoms with Crippen molar-refractivity contribution in [3.8, 4) is 22.7 Å². The predicted octanol–water partition coefficient (Wildman–Crippen LogP) is 5.60. The molecule has 4 aromatic heterocycles. The fourth-order valence-electron chi connectivity index (χ4n) is 3.96. The number of rotatable bonds is 3. The minimum Gasteiger partial charge on any atom is -0.422 e. The molecule has 0 radical (unpaired) electrons. The van der Waals surface area contributed by atoms with Crippen LogP contribution >= 0.6 is 11.6 Å². The molecular weight excluding hydrogens is 405 g/mol. The van der Waals surface area contributed by atoms with Crippen molar-refractivity contribution in [3.63, 3.8) is 0 Å². The maximum Gasteiger partial charge on any atom is 0.267 e. The number of halogens is 2. The molecule has 6 nitrogen and oxygen atoms in total. The quantitative estimate of drug-likeness (QED) is 0.380. The molecule has 0 amide bonds. The maximum absolute atomic E-state index is 15.4. The van der Waals surface area contributed by atoms with Crippen LogP contribution in [0.5, 0.6) is 0 Å². The SMILES string of the molecule is FC1(c2cc(-c3ccc(Cl)cc3)c3ccc4nc(-c5nnco5)cn4c3n2)CCC1. The molecule has 8 heteroatoms. The third-order valence-electron chi connectivity index (χ3n) is 5.74. The van der Waals surface area contributed by atoms with Gasteiger partial charge in [0, 0.05) is 16.6 Å². The highest BCUT2D eigenvalue weighted by Gasteiger charge is 2.41. The molecule has 1 saturated carbocycles. The topological polar surface area (TPSA) is 69.1 Å². The Bertz CT molecular complexity index is 1390. The van der Waals surface area contributed by atoms with Crippen molar-refractivity contribution in [2.75, 3.05) is 0 Å². The van der Waals surface area contributed by atoms with Crippen LogP contribution in [-0.4, -0.2) is 24.6 Å². The number of benzene rings is 1. The molecule has 5 aromatic rings. The number of pyridine rings is 2. The van der Waals surface area contributed by atoms with Crippen LogP contribution in [0.1, 0.15) is 25.0 Å². The van der Waals surface area contributed by atoms with Crippen LogP contribution < -0.4 is 0 Å². The van der Waals surface area contributed by atoms with Crippen molar-refractivity contribution < 1.29 is 8.81 Å². The third kappa shape index (κ3) is 2.62. The second kappa shape index (κ2) is 6.34. The van der Waals surface area contributed by atoms with Gasteiger partial charge in [0.25, 0.3) is 5.89 Å². The van der Waals surface area contributed by atoms with Crippen LogP contribution in [0, 0.1) is 0 Å². The number of hydrogen-bond donors (Lipinski definition) is 0. The van der Waals surface area contributed by atoms with Crippen LogP contribution in [-0.2, 0) is 5.67 Å². The van der Waals surface area contributed by atoms with Crippen LogP contribution in [0.3, 0.4) is 0 Å². The minimum atomic E-state index is -1.40. The van der Waals surface area contributed by atoms with Crippen molar-refractivity contribution in [2.24, 2.45) is 0 Å². The van der Waals surface area contributed by atoms with E-state index in [-0.39, 0.29) is 0 Å². The zero-order valence-corrected chi connectivity index (χ0v) is 16.5. The number of hydrogen-bond acceptors (Lipinski definition) is 5. The van der Waals surface area contributed by atoms with Gasteiger partial charge in [-0.05, 0) is 60.7 Å². The first-order valence-corrected chi connectivity index (χ1v) is 10.0. The Morgan fingerprint density at radius 3 is 2.60 bits per heavy atom. The van der Waals surface area contributed by atoms with Crippen molar-refractivity contribution in [1.82, 2.24) is 24.6 Å². The first-order valence-electron chi connectivity index (χ1n) is 9.65. The molecule has 0 N–H and O–H groups in total. The fourth-order valence-corrected chi connectivity index (χ4v) is 4.08. The molecule has 0 unspecified atom stereocenters. The van der Waals surface area contributed by atoms with Gasteiger partial charge in [0.2, 0.25) is 6.39 Å². The van der Waals surface area contributed by atoms with Crippen molar-refractivity contribution in [1.29, 1.82) is 0 Å². The Morgan fingerprint density at radius 2 is 1.90 bits per heavy atom. The molecule has 0 spiro atoms. The molecule has 30 heavy (non-hydrogen) atoms. The highest BCUT2D eigenvalue weighted by molar-refractivity contribution is 6.30. The highest BCUT2D eigenvalue weighted by Crippen LogP contribution is 2.46. The summed E-state index contributed by atoms with van der Waals surface area (Å²) in [5.41, 5.74) is 2.76. The average molecular weight is 420 g/mol. The van der Waals surface area contributed by atoms with Gasteiger partial charge in [-0.1, -0.05) is 23.7 Å². The van der Waals surface area contributed by atoms with E-state index in [1.54, 1.807) is 6.20 Å². The summed E-state index contributed by atoms with van der Waals surface area (Å²) in [5.74, 6) is 0.321. The summed E-state index contributed by atoms with van der Waals surface area (Å²) in [7, 11) is 0. The lowest BCUT2D eigenvalue weighted by atomic mass is 9.78. The largest absolute Gasteiger partial charge is 0.422 e. The van der Waals surface area contributed by atoms with E-state index in [9.17, 15) is 0 Å². The number of alkyl halides is 1. The Balaban J connectivity index is 1.66. The van der Waals surface area contributed by atoms with Crippen LogP contribution in [0.2, 0.25) is 5.02 Å². The van der Waals surface area contributed by atoms with E-state index in [0.29, 0.717) is 46.4 Å². The van der Waals surface area contributed by atoms with Gasteiger partial charge in [0.15, 0.2) is 5.67 Å². The molecule has 1 fully saturated rings. The van der Waals surface area contributed by atoms with Crippen LogP contribution in [0.4, 0.5) is 4.39 Å². The molecule has 4 heterocycles. The van der Waals surface area contributed by atoms with Gasteiger partial charge in [-0.2, -0.15) is 0 Å². The van der Waals surface area contributed by atoms with Gasteiger partial charge in [-0.25, -0.2) is 14.4 Å². The lowest BCUT2D eigenvalue weighted by Gasteiger charge is -2.33. The molecule has 1 aromatic carbocycles. The summed E-state index contributed by atoms with van der Waals surface area (Å²) in [6, 6.07) is 13.3. The summed E-state index contributed by atoms with van der Waals surface area (Å²) in [4.78, 5) is 9.31. The zero-order chi connectivity index (χ0) is 20.3. The van der Waals surface area contributed by atoms with E-state index in [4.69, 9.17) is 21.0 Å². The predicted molar refractivity (Wildman–Crippen MR) is 111 cm³/mol. The summed E-state index contributed by atoms with van der Waals surface area (Å²) in [6.45, 7) is 0. The van der Waals surface area contributed by atoms with Gasteiger partial charge in [0.05, 0.1) is 5.69 Å². The molecule has 0 atom stereocenters. The number of nitrogens with zero attached hydrogens (tertiary/aromatic N) is 5. The Kier molecular flexibility index (Phi) is 3.70. The van der Waals surface area contributed by atoms with E-state index in [0.717, 1.165) is 22.9 Å². The lowest BCUT2D eigenvalue weighted by Crippen LogP contribution is -2.30. The molecule has 1 aliphatic rings. The summed E-state index contributed by atoms with van der Waals surface area (Å²) in [6.07, 6.45) is 4.88. The zero-order valence-electron chi connectivity index (χ0n) is 15.7. The Labute approximate surface area is 175 Å². The van der Waals surface area contributed by atoms with E-state index < -0.39 is 5.67 Å². The minimum absolute atomic E-state index is 0.321. The maximum atomic E-state index is 15.4. The number of aromatic nitrogens is 5. The van der Waals surface area contributed by atoms with Crippen molar-refractivity contribution in [3.05, 3.63) is 65.8 Å². The van der Waals surface area contributed by atoms with Gasteiger partial charge in [-0.15, -0.1) is 10.2 Å². The van der Waals surface area contributed by atoms with Gasteiger partial charge < -0.3 is 4.42 Å². The fraction of sp³-hybridized carbons (Fsp3) is 0.182. The molecule has 0 bridgehead atoms. The first-order chi connectivity index (χ1) is 14.6. The van der Waals surface area contributed by atoms with Gasteiger partial charge in [0.1, 0.15) is 17.0 Å². The number of fused-ring (bicyclic) bond motifs is 3. The Morgan fingerprint density at radius 1 is 1.07 bits per heavy atom. The summed E-state index contributed by atoms with van der Waals surface area (Å²) >= 11 is 6.08. The monoisotopic (exact) mass is 419 g/mol. The normalized spacial score (nSPS) is 15.5. The lowest BCUT2D eigenvalue weighted by molar-refractivity contribution is 0.0563. The van der Waals surface area contributed by atoms with Crippen LogP contribution in [0.15, 0.2) is 59.5 Å². The van der Waals surface area contributed by atoms with E-state index in [1.165, 1.54) is 6.39 Å². The second-order valence-corrected chi connectivity index (χ2v) is 7.99. The van der Waals surface area contributed by atoms with E-state index >= 15 is 4.39 Å². The van der Waals surface area contributed by atoms with E-state index in [1.807, 2.05) is 46.9 Å². The van der Waals surface area contributed by atoms with E-state index in [2.05, 4.69) is 15.2 Å². The van der Waals surface area contributed by atoms with Gasteiger partial charge >= 0.3 is 0 Å². The smallest absolute Gasteiger partial charge is 0.267 e. The van der Waals surface area contributed by atoms with Crippen molar-refractivity contribution >= 4 is 28.3 Å². The molecule has 1 aliphatic carbocycles. The molecule has 0 saturated heterocycles. The molecule has 6 rings (SSSR count). The first kappa shape index (κ1) is 17.5. The molecule has 0 aliphatic heterocycles. The third-order valence-corrected chi connectivity index (χ3v) is 5.99. The molecule has 148 valence electrons. The van der Waals surface area contributed by atoms with Crippen LogP contribution in [0.25, 0.3) is 39.4 Å². The van der Waals surface area contributed by atoms with Gasteiger partial charge in [-0.3, -0.25) is 4.40 Å². The summed E-state index contributed by atoms with van der Waals surface area (Å²) < 4.78 is 22.5. The average Bonchev–Trinajstić information content (AvgIpc) is 3.41. The summed E-state index contributed by atoms with van der Waals surface area (Å²) in [5, 5.41) is 9.19. The molecular formula is C22H15ClFN5O. The number of imidazole rings is 1. The van der Waals surface area contributed by atoms with Crippen molar-refractivity contribution in [2.45, 2.75) is 24.9 Å². The second-order valence-electron chi connectivity index (χ2n) is 7.55.